The molecule has 9 nitrogen and oxygen atoms in total. The second kappa shape index (κ2) is 12.4. The number of methoxy groups -OCH3 is 2. The van der Waals surface area contributed by atoms with Crippen LogP contribution in [0.5, 0.6) is 11.5 Å². The number of nitrogens with one attached hydrogen (secondary N) is 2. The number of nitrogens with zero attached hydrogens (tertiary/aromatic N) is 1. The van der Waals surface area contributed by atoms with Gasteiger partial charge in [-0.2, -0.15) is 0 Å². The number of hydrogen-bond acceptors (Lipinski definition) is 7. The molecular weight excluding hydrogens is 436 g/mol. The van der Waals surface area contributed by atoms with Crippen LogP contribution >= 0.6 is 0 Å². The summed E-state index contributed by atoms with van der Waals surface area (Å²) in [6.07, 6.45) is 1.52. The van der Waals surface area contributed by atoms with E-state index in [1.807, 2.05) is 48.5 Å². The molecule has 0 unspecified atom stereocenters. The smallest absolute Gasteiger partial charge is 0.233 e. The lowest BCUT2D eigenvalue weighted by molar-refractivity contribution is -0.121. The normalized spacial score (nSPS) is 10.6. The Labute approximate surface area is 198 Å². The molecule has 0 aliphatic heterocycles. The van der Waals surface area contributed by atoms with Crippen LogP contribution in [-0.4, -0.2) is 50.8 Å². The van der Waals surface area contributed by atoms with Gasteiger partial charge >= 0.3 is 0 Å². The molecule has 0 spiro atoms. The highest BCUT2D eigenvalue weighted by Gasteiger charge is 2.21. The zero-order valence-corrected chi connectivity index (χ0v) is 19.4. The van der Waals surface area contributed by atoms with Crippen LogP contribution in [0.25, 0.3) is 22.4 Å². The van der Waals surface area contributed by atoms with Crippen LogP contribution in [0.3, 0.4) is 0 Å². The number of nitrogens with two attached hydrogens (primary N) is 1. The molecule has 0 bridgehead atoms. The molecule has 3 rings (SSSR count). The molecule has 180 valence electrons. The van der Waals surface area contributed by atoms with E-state index >= 15 is 0 Å². The minimum absolute atomic E-state index is 0.0248. The maximum absolute atomic E-state index is 12.6. The Hall–Kier alpha value is -3.85. The van der Waals surface area contributed by atoms with E-state index in [-0.39, 0.29) is 24.8 Å². The highest BCUT2D eigenvalue weighted by molar-refractivity contribution is 5.86. The number of carbonyl (C=O) groups is 2. The molecule has 0 aliphatic carbocycles. The zero-order valence-electron chi connectivity index (χ0n) is 19.4. The molecule has 3 aromatic rings. The lowest BCUT2D eigenvalue weighted by atomic mass is 9.98. The number of hydrogen-bond donors (Lipinski definition) is 3. The predicted octanol–water partition coefficient (Wildman–Crippen LogP) is 2.54. The topological polar surface area (TPSA) is 129 Å². The van der Waals surface area contributed by atoms with Gasteiger partial charge in [-0.1, -0.05) is 17.3 Å². The maximum Gasteiger partial charge on any atom is 0.233 e. The first-order valence-electron chi connectivity index (χ1n) is 11.1. The molecule has 0 fully saturated rings. The summed E-state index contributed by atoms with van der Waals surface area (Å²) in [5.74, 6) is 1.59. The van der Waals surface area contributed by atoms with Gasteiger partial charge < -0.3 is 30.4 Å². The summed E-state index contributed by atoms with van der Waals surface area (Å²) in [5.41, 5.74) is 8.37. The highest BCUT2D eigenvalue weighted by Crippen LogP contribution is 2.36. The van der Waals surface area contributed by atoms with Gasteiger partial charge in [0.25, 0.3) is 0 Å². The minimum Gasteiger partial charge on any atom is -0.497 e. The molecule has 0 saturated carbocycles. The van der Waals surface area contributed by atoms with Crippen LogP contribution < -0.4 is 25.8 Å². The van der Waals surface area contributed by atoms with E-state index in [2.05, 4.69) is 15.8 Å². The van der Waals surface area contributed by atoms with E-state index in [9.17, 15) is 9.59 Å². The number of aromatic nitrogens is 1. The molecule has 34 heavy (non-hydrogen) atoms. The number of amides is 2. The van der Waals surface area contributed by atoms with Crippen molar-refractivity contribution in [1.29, 1.82) is 0 Å². The van der Waals surface area contributed by atoms with Gasteiger partial charge in [0.05, 0.1) is 32.7 Å². The van der Waals surface area contributed by atoms with Crippen molar-refractivity contribution in [2.45, 2.75) is 19.3 Å². The Morgan fingerprint density at radius 2 is 1.38 bits per heavy atom. The van der Waals surface area contributed by atoms with E-state index in [0.29, 0.717) is 24.5 Å². The Balaban J connectivity index is 1.72. The third kappa shape index (κ3) is 6.58. The van der Waals surface area contributed by atoms with E-state index in [4.69, 9.17) is 19.7 Å². The summed E-state index contributed by atoms with van der Waals surface area (Å²) in [6, 6.07) is 15.0. The van der Waals surface area contributed by atoms with E-state index < -0.39 is 0 Å². The maximum atomic E-state index is 12.6. The molecule has 4 N–H and O–H groups in total. The van der Waals surface area contributed by atoms with Crippen LogP contribution in [0, 0.1) is 0 Å². The molecule has 1 aromatic heterocycles. The van der Waals surface area contributed by atoms with Crippen LogP contribution in [0.4, 0.5) is 0 Å². The van der Waals surface area contributed by atoms with E-state index in [0.717, 1.165) is 41.0 Å². The first kappa shape index (κ1) is 24.8. The van der Waals surface area contributed by atoms with Crippen molar-refractivity contribution in [3.63, 3.8) is 0 Å². The number of ether oxygens (including phenoxy) is 2. The van der Waals surface area contributed by atoms with Crippen LogP contribution in [0.15, 0.2) is 53.1 Å². The lowest BCUT2D eigenvalue weighted by Gasteiger charge is -2.08. The van der Waals surface area contributed by atoms with Gasteiger partial charge in [-0.3, -0.25) is 9.59 Å². The average Bonchev–Trinajstić information content (AvgIpc) is 3.29. The van der Waals surface area contributed by atoms with Gasteiger partial charge in [-0.25, -0.2) is 0 Å². The Bertz CT molecular complexity index is 1080. The van der Waals surface area contributed by atoms with Crippen molar-refractivity contribution in [2.24, 2.45) is 5.73 Å². The minimum atomic E-state index is -0.187. The van der Waals surface area contributed by atoms with Gasteiger partial charge in [-0.15, -0.1) is 0 Å². The number of carbonyl (C=O) groups excluding carboxylic acids is 2. The van der Waals surface area contributed by atoms with Crippen molar-refractivity contribution in [3.8, 4) is 33.9 Å². The van der Waals surface area contributed by atoms with Crippen LogP contribution in [-0.2, 0) is 16.0 Å². The molecule has 2 aromatic carbocycles. The Morgan fingerprint density at radius 3 is 1.91 bits per heavy atom. The van der Waals surface area contributed by atoms with Gasteiger partial charge in [0.15, 0.2) is 5.76 Å². The SMILES string of the molecule is COc1ccc(-c2noc(CC(=O)NCCCCNC(=O)CN)c2-c2ccc(OC)cc2)cc1. The van der Waals surface area contributed by atoms with Gasteiger partial charge in [0, 0.05) is 18.7 Å². The number of unbranched alkanes of at least 4 members (excludes halogenated alkanes) is 1. The molecule has 2 amide bonds. The van der Waals surface area contributed by atoms with Gasteiger partial charge in [0.2, 0.25) is 11.8 Å². The van der Waals surface area contributed by atoms with Gasteiger partial charge in [-0.05, 0) is 54.8 Å². The second-order valence-electron chi connectivity index (χ2n) is 7.57. The number of rotatable bonds is 12. The summed E-state index contributed by atoms with van der Waals surface area (Å²) < 4.78 is 16.2. The van der Waals surface area contributed by atoms with Crippen LogP contribution in [0.2, 0.25) is 0 Å². The van der Waals surface area contributed by atoms with Crippen molar-refractivity contribution < 1.29 is 23.6 Å². The molecule has 0 saturated heterocycles. The summed E-state index contributed by atoms with van der Waals surface area (Å²) in [4.78, 5) is 23.7. The van der Waals surface area contributed by atoms with Crippen molar-refractivity contribution in [1.82, 2.24) is 15.8 Å². The zero-order chi connectivity index (χ0) is 24.3. The summed E-state index contributed by atoms with van der Waals surface area (Å²) >= 11 is 0. The molecule has 0 atom stereocenters. The first-order chi connectivity index (χ1) is 16.5. The fourth-order valence-electron chi connectivity index (χ4n) is 3.43. The van der Waals surface area contributed by atoms with Crippen molar-refractivity contribution in [2.75, 3.05) is 33.9 Å². The van der Waals surface area contributed by atoms with Crippen LogP contribution in [0.1, 0.15) is 18.6 Å². The standard InChI is InChI=1S/C25H30N4O5/c1-32-19-9-5-17(6-10-19)24-21(15-22(30)27-13-3-4-14-28-23(31)16-26)34-29-25(24)18-7-11-20(33-2)12-8-18/h5-12H,3-4,13-16,26H2,1-2H3,(H,27,30)(H,28,31). The average molecular weight is 467 g/mol. The second-order valence-corrected chi connectivity index (χ2v) is 7.57. The van der Waals surface area contributed by atoms with E-state index in [1.165, 1.54) is 0 Å². The highest BCUT2D eigenvalue weighted by atomic mass is 16.5. The summed E-state index contributed by atoms with van der Waals surface area (Å²) in [7, 11) is 3.22. The fraction of sp³-hybridized carbons (Fsp3) is 0.320. The predicted molar refractivity (Wildman–Crippen MR) is 128 cm³/mol. The molecule has 0 radical (unpaired) electrons. The van der Waals surface area contributed by atoms with Crippen molar-refractivity contribution in [3.05, 3.63) is 54.3 Å². The van der Waals surface area contributed by atoms with E-state index in [1.54, 1.807) is 14.2 Å². The third-order valence-corrected chi connectivity index (χ3v) is 5.26. The van der Waals surface area contributed by atoms with Crippen molar-refractivity contribution >= 4 is 11.8 Å². The molecule has 9 heteroatoms. The first-order valence-corrected chi connectivity index (χ1v) is 11.1. The largest absolute Gasteiger partial charge is 0.497 e. The Kier molecular flexibility index (Phi) is 9.04. The lowest BCUT2D eigenvalue weighted by Crippen LogP contribution is -2.31. The van der Waals surface area contributed by atoms with Gasteiger partial charge in [0.1, 0.15) is 17.2 Å². The fourth-order valence-corrected chi connectivity index (χ4v) is 3.43. The number of benzene rings is 2. The summed E-state index contributed by atoms with van der Waals surface area (Å²) in [5, 5.41) is 9.88. The monoisotopic (exact) mass is 466 g/mol. The molecular formula is C25H30N4O5. The molecule has 1 heterocycles. The Morgan fingerprint density at radius 1 is 0.853 bits per heavy atom. The summed E-state index contributed by atoms with van der Waals surface area (Å²) in [6.45, 7) is 0.998. The molecule has 0 aliphatic rings. The third-order valence-electron chi connectivity index (χ3n) is 5.26. The quantitative estimate of drug-likeness (QED) is 0.350.